The molecule has 1 aliphatic rings. The Morgan fingerprint density at radius 1 is 1.20 bits per heavy atom. The molecule has 1 aliphatic heterocycles. The SMILES string of the molecule is COc1ccccc1N1CCN(C(=O)CN(C)c2cnccn2)CC1. The van der Waals surface area contributed by atoms with Crippen LogP contribution >= 0.6 is 0 Å². The molecule has 2 aromatic rings. The van der Waals surface area contributed by atoms with Crippen molar-refractivity contribution in [3.05, 3.63) is 42.9 Å². The Balaban J connectivity index is 1.56. The maximum absolute atomic E-state index is 12.5. The molecular formula is C18H23N5O2. The van der Waals surface area contributed by atoms with Crippen LogP contribution in [0.5, 0.6) is 5.75 Å². The van der Waals surface area contributed by atoms with Crippen LogP contribution in [0.4, 0.5) is 11.5 Å². The Kier molecular flexibility index (Phi) is 5.33. The molecule has 1 aromatic heterocycles. The molecule has 0 atom stereocenters. The summed E-state index contributed by atoms with van der Waals surface area (Å²) < 4.78 is 5.43. The molecule has 25 heavy (non-hydrogen) atoms. The summed E-state index contributed by atoms with van der Waals surface area (Å²) in [6.07, 6.45) is 4.91. The molecule has 0 spiro atoms. The number of para-hydroxylation sites is 2. The molecule has 0 saturated carbocycles. The Labute approximate surface area is 147 Å². The smallest absolute Gasteiger partial charge is 0.242 e. The summed E-state index contributed by atoms with van der Waals surface area (Å²) >= 11 is 0. The number of hydrogen-bond acceptors (Lipinski definition) is 6. The predicted molar refractivity (Wildman–Crippen MR) is 97.1 cm³/mol. The van der Waals surface area contributed by atoms with Crippen LogP contribution in [-0.2, 0) is 4.79 Å². The van der Waals surface area contributed by atoms with E-state index < -0.39 is 0 Å². The van der Waals surface area contributed by atoms with Gasteiger partial charge in [-0.3, -0.25) is 9.78 Å². The van der Waals surface area contributed by atoms with E-state index in [1.165, 1.54) is 0 Å². The molecule has 2 heterocycles. The highest BCUT2D eigenvalue weighted by Gasteiger charge is 2.23. The topological polar surface area (TPSA) is 61.8 Å². The van der Waals surface area contributed by atoms with E-state index in [1.54, 1.807) is 25.7 Å². The highest BCUT2D eigenvalue weighted by atomic mass is 16.5. The van der Waals surface area contributed by atoms with Crippen molar-refractivity contribution < 1.29 is 9.53 Å². The zero-order valence-corrected chi connectivity index (χ0v) is 14.6. The first kappa shape index (κ1) is 17.0. The van der Waals surface area contributed by atoms with Crippen molar-refractivity contribution in [3.63, 3.8) is 0 Å². The first-order valence-electron chi connectivity index (χ1n) is 8.32. The van der Waals surface area contributed by atoms with Gasteiger partial charge in [-0.1, -0.05) is 12.1 Å². The van der Waals surface area contributed by atoms with Crippen LogP contribution in [0.15, 0.2) is 42.9 Å². The van der Waals surface area contributed by atoms with Crippen LogP contribution in [0.25, 0.3) is 0 Å². The Morgan fingerprint density at radius 3 is 2.64 bits per heavy atom. The molecule has 132 valence electrons. The summed E-state index contributed by atoms with van der Waals surface area (Å²) in [7, 11) is 3.54. The number of rotatable bonds is 5. The van der Waals surface area contributed by atoms with Crippen molar-refractivity contribution in [2.24, 2.45) is 0 Å². The highest BCUT2D eigenvalue weighted by Crippen LogP contribution is 2.28. The van der Waals surface area contributed by atoms with E-state index in [4.69, 9.17) is 4.74 Å². The normalized spacial score (nSPS) is 14.3. The predicted octanol–water partition coefficient (Wildman–Crippen LogP) is 1.27. The summed E-state index contributed by atoms with van der Waals surface area (Å²) in [6, 6.07) is 7.98. The van der Waals surface area contributed by atoms with Gasteiger partial charge in [-0.25, -0.2) is 4.98 Å². The fraction of sp³-hybridized carbons (Fsp3) is 0.389. The molecule has 1 saturated heterocycles. The van der Waals surface area contributed by atoms with Crippen LogP contribution in [-0.4, -0.2) is 67.7 Å². The van der Waals surface area contributed by atoms with E-state index in [0.717, 1.165) is 24.5 Å². The van der Waals surface area contributed by atoms with Crippen molar-refractivity contribution in [3.8, 4) is 5.75 Å². The Morgan fingerprint density at radius 2 is 1.96 bits per heavy atom. The Hall–Kier alpha value is -2.83. The van der Waals surface area contributed by atoms with Crippen LogP contribution in [0.1, 0.15) is 0 Å². The minimum atomic E-state index is 0.104. The minimum absolute atomic E-state index is 0.104. The van der Waals surface area contributed by atoms with Gasteiger partial charge in [0.15, 0.2) is 0 Å². The van der Waals surface area contributed by atoms with E-state index in [9.17, 15) is 4.79 Å². The van der Waals surface area contributed by atoms with E-state index in [1.807, 2.05) is 35.0 Å². The minimum Gasteiger partial charge on any atom is -0.495 e. The van der Waals surface area contributed by atoms with Crippen LogP contribution in [0.2, 0.25) is 0 Å². The lowest BCUT2D eigenvalue weighted by atomic mass is 10.2. The van der Waals surface area contributed by atoms with Crippen molar-refractivity contribution in [1.82, 2.24) is 14.9 Å². The number of anilines is 2. The first-order chi connectivity index (χ1) is 12.2. The summed E-state index contributed by atoms with van der Waals surface area (Å²) in [5, 5.41) is 0. The second-order valence-corrected chi connectivity index (χ2v) is 5.96. The third-order valence-corrected chi connectivity index (χ3v) is 4.37. The monoisotopic (exact) mass is 341 g/mol. The number of benzene rings is 1. The van der Waals surface area contributed by atoms with Crippen LogP contribution in [0.3, 0.4) is 0 Å². The molecule has 7 heteroatoms. The number of carbonyl (C=O) groups excluding carboxylic acids is 1. The largest absolute Gasteiger partial charge is 0.495 e. The molecular weight excluding hydrogens is 318 g/mol. The molecule has 0 bridgehead atoms. The van der Waals surface area contributed by atoms with Gasteiger partial charge in [0.1, 0.15) is 11.6 Å². The lowest BCUT2D eigenvalue weighted by molar-refractivity contribution is -0.129. The number of likely N-dealkylation sites (N-methyl/N-ethyl adjacent to an activating group) is 1. The molecule has 1 amide bonds. The number of aromatic nitrogens is 2. The van der Waals surface area contributed by atoms with Crippen molar-refractivity contribution in [2.45, 2.75) is 0 Å². The van der Waals surface area contributed by atoms with Gasteiger partial charge in [0.2, 0.25) is 5.91 Å². The van der Waals surface area contributed by atoms with Gasteiger partial charge >= 0.3 is 0 Å². The number of ether oxygens (including phenoxy) is 1. The van der Waals surface area contributed by atoms with Gasteiger partial charge in [0.05, 0.1) is 25.5 Å². The lowest BCUT2D eigenvalue weighted by Gasteiger charge is -2.37. The lowest BCUT2D eigenvalue weighted by Crippen LogP contribution is -2.51. The summed E-state index contributed by atoms with van der Waals surface area (Å²) in [6.45, 7) is 3.28. The fourth-order valence-electron chi connectivity index (χ4n) is 2.96. The van der Waals surface area contributed by atoms with Gasteiger partial charge in [-0.2, -0.15) is 0 Å². The third kappa shape index (κ3) is 3.99. The number of amides is 1. The third-order valence-electron chi connectivity index (χ3n) is 4.37. The van der Waals surface area contributed by atoms with E-state index in [-0.39, 0.29) is 5.91 Å². The molecule has 0 N–H and O–H groups in total. The van der Waals surface area contributed by atoms with Crippen molar-refractivity contribution >= 4 is 17.4 Å². The van der Waals surface area contributed by atoms with Gasteiger partial charge in [0.25, 0.3) is 0 Å². The van der Waals surface area contributed by atoms with Gasteiger partial charge in [0, 0.05) is 45.6 Å². The number of hydrogen-bond donors (Lipinski definition) is 0. The van der Waals surface area contributed by atoms with E-state index >= 15 is 0 Å². The summed E-state index contributed by atoms with van der Waals surface area (Å²) in [4.78, 5) is 26.8. The summed E-state index contributed by atoms with van der Waals surface area (Å²) in [5.41, 5.74) is 1.08. The average Bonchev–Trinajstić information content (AvgIpc) is 2.68. The van der Waals surface area contributed by atoms with Gasteiger partial charge < -0.3 is 19.4 Å². The number of nitrogens with zero attached hydrogens (tertiary/aromatic N) is 5. The summed E-state index contributed by atoms with van der Waals surface area (Å²) in [5.74, 6) is 1.67. The van der Waals surface area contributed by atoms with Gasteiger partial charge in [-0.05, 0) is 12.1 Å². The number of methoxy groups -OCH3 is 1. The zero-order valence-electron chi connectivity index (χ0n) is 14.6. The van der Waals surface area contributed by atoms with Crippen molar-refractivity contribution in [2.75, 3.05) is 56.7 Å². The van der Waals surface area contributed by atoms with Crippen molar-refractivity contribution in [1.29, 1.82) is 0 Å². The molecule has 3 rings (SSSR count). The standard InChI is InChI=1S/C18H23N5O2/c1-21(17-13-19-7-8-20-17)14-18(24)23-11-9-22(10-12-23)15-5-3-4-6-16(15)25-2/h3-8,13H,9-12,14H2,1-2H3. The molecule has 0 aliphatic carbocycles. The molecule has 7 nitrogen and oxygen atoms in total. The molecule has 1 aromatic carbocycles. The first-order valence-corrected chi connectivity index (χ1v) is 8.32. The second-order valence-electron chi connectivity index (χ2n) is 5.96. The van der Waals surface area contributed by atoms with E-state index in [2.05, 4.69) is 20.9 Å². The quantitative estimate of drug-likeness (QED) is 0.816. The van der Waals surface area contributed by atoms with Crippen LogP contribution < -0.4 is 14.5 Å². The molecule has 0 radical (unpaired) electrons. The number of carbonyl (C=O) groups is 1. The number of piperazine rings is 1. The molecule has 0 unspecified atom stereocenters. The molecule has 1 fully saturated rings. The van der Waals surface area contributed by atoms with Crippen LogP contribution in [0, 0.1) is 0 Å². The fourth-order valence-corrected chi connectivity index (χ4v) is 2.96. The second kappa shape index (κ2) is 7.83. The zero-order chi connectivity index (χ0) is 17.6. The van der Waals surface area contributed by atoms with E-state index in [0.29, 0.717) is 25.5 Å². The Bertz CT molecular complexity index is 702. The maximum Gasteiger partial charge on any atom is 0.242 e. The highest BCUT2D eigenvalue weighted by molar-refractivity contribution is 5.81. The average molecular weight is 341 g/mol. The maximum atomic E-state index is 12.5. The van der Waals surface area contributed by atoms with Gasteiger partial charge in [-0.15, -0.1) is 0 Å².